The van der Waals surface area contributed by atoms with Crippen LogP contribution in [0.4, 0.5) is 10.5 Å². The molecule has 2 amide bonds. The summed E-state index contributed by atoms with van der Waals surface area (Å²) in [4.78, 5) is 18.8. The predicted molar refractivity (Wildman–Crippen MR) is 86.5 cm³/mol. The molecule has 1 fully saturated rings. The van der Waals surface area contributed by atoms with Crippen molar-refractivity contribution in [3.05, 3.63) is 35.9 Å². The molecule has 0 aromatic carbocycles. The van der Waals surface area contributed by atoms with E-state index in [-0.39, 0.29) is 12.1 Å². The smallest absolute Gasteiger partial charge is 0.321 e. The first-order chi connectivity index (χ1) is 11.8. The molecule has 2 aromatic heterocycles. The van der Waals surface area contributed by atoms with Crippen molar-refractivity contribution in [2.24, 2.45) is 0 Å². The van der Waals surface area contributed by atoms with Gasteiger partial charge in [-0.05, 0) is 18.9 Å². The number of carbonyl (C=O) groups is 1. The van der Waals surface area contributed by atoms with Crippen molar-refractivity contribution < 1.29 is 9.53 Å². The zero-order valence-electron chi connectivity index (χ0n) is 13.4. The minimum absolute atomic E-state index is 0.0988. The number of urea groups is 1. The van der Waals surface area contributed by atoms with Crippen LogP contribution in [0.15, 0.2) is 24.7 Å². The van der Waals surface area contributed by atoms with Crippen LogP contribution >= 0.6 is 0 Å². The van der Waals surface area contributed by atoms with Crippen LogP contribution in [0.3, 0.4) is 0 Å². The Kier molecular flexibility index (Phi) is 4.12. The van der Waals surface area contributed by atoms with Crippen molar-refractivity contribution in [2.75, 3.05) is 25.0 Å². The second kappa shape index (κ2) is 6.56. The van der Waals surface area contributed by atoms with Crippen LogP contribution in [-0.2, 0) is 17.8 Å². The van der Waals surface area contributed by atoms with Gasteiger partial charge in [0.05, 0.1) is 37.3 Å². The number of amides is 2. The Morgan fingerprint density at radius 1 is 1.42 bits per heavy atom. The van der Waals surface area contributed by atoms with Gasteiger partial charge >= 0.3 is 6.03 Å². The van der Waals surface area contributed by atoms with E-state index in [4.69, 9.17) is 4.74 Å². The first-order valence-electron chi connectivity index (χ1n) is 8.27. The number of pyridine rings is 1. The van der Waals surface area contributed by atoms with Gasteiger partial charge in [-0.15, -0.1) is 5.10 Å². The fraction of sp³-hybridized carbons (Fsp3) is 0.500. The van der Waals surface area contributed by atoms with Gasteiger partial charge in [0.2, 0.25) is 0 Å². The van der Waals surface area contributed by atoms with Crippen LogP contribution in [-0.4, -0.2) is 50.6 Å². The lowest BCUT2D eigenvalue weighted by molar-refractivity contribution is 0.109. The van der Waals surface area contributed by atoms with E-state index in [1.165, 1.54) is 0 Å². The molecule has 1 saturated heterocycles. The van der Waals surface area contributed by atoms with Crippen molar-refractivity contribution in [2.45, 2.75) is 31.9 Å². The Labute approximate surface area is 139 Å². The molecule has 24 heavy (non-hydrogen) atoms. The number of hydrogen-bond donors (Lipinski definition) is 1. The second-order valence-corrected chi connectivity index (χ2v) is 6.19. The zero-order valence-corrected chi connectivity index (χ0v) is 13.4. The van der Waals surface area contributed by atoms with Gasteiger partial charge in [-0.2, -0.15) is 0 Å². The Morgan fingerprint density at radius 3 is 3.25 bits per heavy atom. The molecular weight excluding hydrogens is 308 g/mol. The second-order valence-electron chi connectivity index (χ2n) is 6.19. The molecule has 1 atom stereocenters. The molecule has 0 bridgehead atoms. The van der Waals surface area contributed by atoms with Crippen molar-refractivity contribution in [1.29, 1.82) is 0 Å². The van der Waals surface area contributed by atoms with Crippen LogP contribution in [0.5, 0.6) is 0 Å². The Morgan fingerprint density at radius 2 is 2.38 bits per heavy atom. The van der Waals surface area contributed by atoms with Crippen molar-refractivity contribution in [1.82, 2.24) is 24.9 Å². The molecule has 4 rings (SSSR count). The summed E-state index contributed by atoms with van der Waals surface area (Å²) in [5.41, 5.74) is 2.83. The highest BCUT2D eigenvalue weighted by Gasteiger charge is 2.25. The van der Waals surface area contributed by atoms with E-state index in [0.717, 1.165) is 37.1 Å². The molecular formula is C16H20N6O2. The molecule has 0 radical (unpaired) electrons. The van der Waals surface area contributed by atoms with Gasteiger partial charge in [0.25, 0.3) is 0 Å². The van der Waals surface area contributed by atoms with Gasteiger partial charge in [0.15, 0.2) is 0 Å². The van der Waals surface area contributed by atoms with Crippen LogP contribution in [0.1, 0.15) is 30.1 Å². The van der Waals surface area contributed by atoms with Gasteiger partial charge < -0.3 is 15.0 Å². The fourth-order valence-electron chi connectivity index (χ4n) is 3.28. The SMILES string of the molecule is O=C(Nc1cnc2c(c1)COCC2)N1CCCC(n2ccnn2)C1. The third kappa shape index (κ3) is 3.09. The molecule has 0 spiro atoms. The van der Waals surface area contributed by atoms with Gasteiger partial charge in [0, 0.05) is 37.0 Å². The van der Waals surface area contributed by atoms with Crippen molar-refractivity contribution in [3.63, 3.8) is 0 Å². The van der Waals surface area contributed by atoms with E-state index in [2.05, 4.69) is 20.6 Å². The molecule has 0 aliphatic carbocycles. The van der Waals surface area contributed by atoms with E-state index in [1.807, 2.05) is 21.8 Å². The number of hydrogen-bond acceptors (Lipinski definition) is 5. The first-order valence-corrected chi connectivity index (χ1v) is 8.27. The summed E-state index contributed by atoms with van der Waals surface area (Å²) in [5.74, 6) is 0. The number of anilines is 1. The first kappa shape index (κ1) is 15.1. The molecule has 0 saturated carbocycles. The minimum atomic E-state index is -0.0988. The summed E-state index contributed by atoms with van der Waals surface area (Å²) in [6.45, 7) is 2.66. The topological polar surface area (TPSA) is 85.2 Å². The van der Waals surface area contributed by atoms with E-state index in [0.29, 0.717) is 25.4 Å². The van der Waals surface area contributed by atoms with E-state index in [9.17, 15) is 4.79 Å². The number of aromatic nitrogens is 4. The molecule has 8 nitrogen and oxygen atoms in total. The number of nitrogens with one attached hydrogen (secondary N) is 1. The highest BCUT2D eigenvalue weighted by Crippen LogP contribution is 2.22. The largest absolute Gasteiger partial charge is 0.376 e. The van der Waals surface area contributed by atoms with Gasteiger partial charge in [-0.3, -0.25) is 4.98 Å². The molecule has 2 aliphatic heterocycles. The lowest BCUT2D eigenvalue weighted by Crippen LogP contribution is -2.43. The van der Waals surface area contributed by atoms with Crippen LogP contribution < -0.4 is 5.32 Å². The Balaban J connectivity index is 1.42. The van der Waals surface area contributed by atoms with Crippen LogP contribution in [0, 0.1) is 0 Å². The lowest BCUT2D eigenvalue weighted by Gasteiger charge is -2.32. The number of ether oxygens (including phenoxy) is 1. The number of nitrogens with zero attached hydrogens (tertiary/aromatic N) is 5. The number of carbonyl (C=O) groups excluding carboxylic acids is 1. The average molecular weight is 328 g/mol. The molecule has 1 unspecified atom stereocenters. The third-order valence-corrected chi connectivity index (χ3v) is 4.55. The van der Waals surface area contributed by atoms with Gasteiger partial charge in [-0.1, -0.05) is 5.21 Å². The van der Waals surface area contributed by atoms with Crippen molar-refractivity contribution >= 4 is 11.7 Å². The molecule has 126 valence electrons. The maximum absolute atomic E-state index is 12.6. The number of piperidine rings is 1. The number of likely N-dealkylation sites (tertiary alicyclic amines) is 1. The standard InChI is InChI=1S/C16H20N6O2/c23-16(19-13-8-12-11-24-7-3-15(12)17-9-13)21-5-1-2-14(10-21)22-6-4-18-20-22/h4,6,8-9,14H,1-3,5,7,10-11H2,(H,19,23). The summed E-state index contributed by atoms with van der Waals surface area (Å²) in [5, 5.41) is 10.9. The van der Waals surface area contributed by atoms with E-state index in [1.54, 1.807) is 12.4 Å². The minimum Gasteiger partial charge on any atom is -0.376 e. The summed E-state index contributed by atoms with van der Waals surface area (Å²) in [7, 11) is 0. The third-order valence-electron chi connectivity index (χ3n) is 4.55. The summed E-state index contributed by atoms with van der Waals surface area (Å²) >= 11 is 0. The Hall–Kier alpha value is -2.48. The van der Waals surface area contributed by atoms with Crippen LogP contribution in [0.2, 0.25) is 0 Å². The molecule has 2 aliphatic rings. The number of rotatable bonds is 2. The molecule has 2 aromatic rings. The average Bonchev–Trinajstić information content (AvgIpc) is 3.16. The maximum atomic E-state index is 12.6. The Bertz CT molecular complexity index is 717. The summed E-state index contributed by atoms with van der Waals surface area (Å²) < 4.78 is 7.28. The van der Waals surface area contributed by atoms with Gasteiger partial charge in [0.1, 0.15) is 0 Å². The van der Waals surface area contributed by atoms with Gasteiger partial charge in [-0.25, -0.2) is 9.48 Å². The van der Waals surface area contributed by atoms with Crippen molar-refractivity contribution in [3.8, 4) is 0 Å². The quantitative estimate of drug-likeness (QED) is 0.905. The summed E-state index contributed by atoms with van der Waals surface area (Å²) in [6, 6.07) is 2.04. The lowest BCUT2D eigenvalue weighted by atomic mass is 10.1. The summed E-state index contributed by atoms with van der Waals surface area (Å²) in [6.07, 6.45) is 8.02. The maximum Gasteiger partial charge on any atom is 0.321 e. The van der Waals surface area contributed by atoms with E-state index >= 15 is 0 Å². The zero-order chi connectivity index (χ0) is 16.4. The monoisotopic (exact) mass is 328 g/mol. The highest BCUT2D eigenvalue weighted by molar-refractivity contribution is 5.89. The molecule has 8 heteroatoms. The number of fused-ring (bicyclic) bond motifs is 1. The fourth-order valence-corrected chi connectivity index (χ4v) is 3.28. The van der Waals surface area contributed by atoms with E-state index < -0.39 is 0 Å². The molecule has 4 heterocycles. The highest BCUT2D eigenvalue weighted by atomic mass is 16.5. The van der Waals surface area contributed by atoms with Crippen LogP contribution in [0.25, 0.3) is 0 Å². The molecule has 1 N–H and O–H groups in total. The predicted octanol–water partition coefficient (Wildman–Crippen LogP) is 1.61. The normalized spacial score (nSPS) is 20.5.